The Balaban J connectivity index is 1.84. The first-order valence-electron chi connectivity index (χ1n) is 8.05. The van der Waals surface area contributed by atoms with Gasteiger partial charge in [0.1, 0.15) is 0 Å². The van der Waals surface area contributed by atoms with Gasteiger partial charge in [0, 0.05) is 24.7 Å². The Morgan fingerprint density at radius 3 is 2.54 bits per heavy atom. The van der Waals surface area contributed by atoms with Crippen molar-refractivity contribution in [1.82, 2.24) is 20.4 Å². The molecule has 0 spiro atoms. The van der Waals surface area contributed by atoms with Crippen molar-refractivity contribution in [2.45, 2.75) is 26.2 Å². The van der Waals surface area contributed by atoms with E-state index in [2.05, 4.69) is 20.8 Å². The molecular formula is C17H25N5O2. The second-order valence-electron chi connectivity index (χ2n) is 6.26. The van der Waals surface area contributed by atoms with Crippen LogP contribution in [0.4, 0.5) is 10.5 Å². The molecule has 7 nitrogen and oxygen atoms in total. The van der Waals surface area contributed by atoms with Gasteiger partial charge in [-0.25, -0.2) is 4.79 Å². The lowest BCUT2D eigenvalue weighted by molar-refractivity contribution is 0.250. The largest absolute Gasteiger partial charge is 0.339 e. The number of carbonyl (C=O) groups excluding carboxylic acids is 1. The van der Waals surface area contributed by atoms with E-state index in [4.69, 9.17) is 4.52 Å². The maximum atomic E-state index is 11.8. The molecule has 2 N–H and O–H groups in total. The Morgan fingerprint density at radius 2 is 1.96 bits per heavy atom. The molecule has 0 unspecified atom stereocenters. The maximum absolute atomic E-state index is 11.8. The van der Waals surface area contributed by atoms with Crippen LogP contribution in [0.15, 0.2) is 28.8 Å². The first kappa shape index (κ1) is 17.9. The number of nitrogens with zero attached hydrogens (tertiary/aromatic N) is 3. The molecule has 130 valence electrons. The Kier molecular flexibility index (Phi) is 6.31. The van der Waals surface area contributed by atoms with E-state index >= 15 is 0 Å². The van der Waals surface area contributed by atoms with Crippen LogP contribution in [0.1, 0.15) is 37.0 Å². The summed E-state index contributed by atoms with van der Waals surface area (Å²) in [4.78, 5) is 18.1. The summed E-state index contributed by atoms with van der Waals surface area (Å²) in [7, 11) is 3.93. The topological polar surface area (TPSA) is 83.3 Å². The van der Waals surface area contributed by atoms with E-state index in [0.717, 1.165) is 23.6 Å². The van der Waals surface area contributed by atoms with E-state index in [9.17, 15) is 4.79 Å². The fourth-order valence-electron chi connectivity index (χ4n) is 2.02. The van der Waals surface area contributed by atoms with Gasteiger partial charge in [-0.1, -0.05) is 31.1 Å². The maximum Gasteiger partial charge on any atom is 0.319 e. The zero-order valence-corrected chi connectivity index (χ0v) is 14.7. The van der Waals surface area contributed by atoms with Crippen LogP contribution < -0.4 is 10.6 Å². The Hall–Kier alpha value is -2.41. The standard InChI is InChI=1S/C17H25N5O2/c1-12(2)16-20-15(24-21-16)11-13-5-7-14(8-6-13)19-17(23)18-9-10-22(3)4/h5-8,12H,9-11H2,1-4H3,(H2,18,19,23). The third kappa shape index (κ3) is 5.66. The predicted octanol–water partition coefficient (Wildman–Crippen LogP) is 2.47. The summed E-state index contributed by atoms with van der Waals surface area (Å²) < 4.78 is 5.24. The Labute approximate surface area is 142 Å². The first-order valence-corrected chi connectivity index (χ1v) is 8.05. The molecule has 0 radical (unpaired) electrons. The van der Waals surface area contributed by atoms with E-state index in [0.29, 0.717) is 18.9 Å². The quantitative estimate of drug-likeness (QED) is 0.814. The third-order valence-corrected chi connectivity index (χ3v) is 3.41. The van der Waals surface area contributed by atoms with Gasteiger partial charge in [0.25, 0.3) is 0 Å². The van der Waals surface area contributed by atoms with Crippen LogP contribution in [0.3, 0.4) is 0 Å². The average molecular weight is 331 g/mol. The van der Waals surface area contributed by atoms with Gasteiger partial charge < -0.3 is 20.1 Å². The molecule has 2 amide bonds. The second-order valence-corrected chi connectivity index (χ2v) is 6.26. The van der Waals surface area contributed by atoms with Crippen molar-refractivity contribution in [2.24, 2.45) is 0 Å². The molecule has 0 aliphatic carbocycles. The number of amides is 2. The number of urea groups is 1. The van der Waals surface area contributed by atoms with E-state index in [-0.39, 0.29) is 11.9 Å². The van der Waals surface area contributed by atoms with E-state index in [1.807, 2.05) is 57.1 Å². The molecule has 1 aromatic heterocycles. The van der Waals surface area contributed by atoms with Gasteiger partial charge in [-0.05, 0) is 31.8 Å². The monoisotopic (exact) mass is 331 g/mol. The molecule has 24 heavy (non-hydrogen) atoms. The molecule has 2 aromatic rings. The number of aromatic nitrogens is 2. The Morgan fingerprint density at radius 1 is 1.25 bits per heavy atom. The highest BCUT2D eigenvalue weighted by Crippen LogP contribution is 2.15. The minimum atomic E-state index is -0.205. The van der Waals surface area contributed by atoms with Crippen molar-refractivity contribution >= 4 is 11.7 Å². The number of likely N-dealkylation sites (N-methyl/N-ethyl adjacent to an activating group) is 1. The highest BCUT2D eigenvalue weighted by Gasteiger charge is 2.10. The average Bonchev–Trinajstić information content (AvgIpc) is 2.97. The Bertz CT molecular complexity index is 649. The van der Waals surface area contributed by atoms with E-state index in [1.54, 1.807) is 0 Å². The minimum Gasteiger partial charge on any atom is -0.339 e. The third-order valence-electron chi connectivity index (χ3n) is 3.41. The molecule has 0 saturated heterocycles. The van der Waals surface area contributed by atoms with E-state index in [1.165, 1.54) is 0 Å². The van der Waals surface area contributed by atoms with Crippen LogP contribution in [0.5, 0.6) is 0 Å². The van der Waals surface area contributed by atoms with Crippen LogP contribution in [0, 0.1) is 0 Å². The number of benzene rings is 1. The van der Waals surface area contributed by atoms with Crippen molar-refractivity contribution in [3.05, 3.63) is 41.5 Å². The molecule has 1 aromatic carbocycles. The van der Waals surface area contributed by atoms with Gasteiger partial charge in [-0.2, -0.15) is 4.98 Å². The zero-order valence-electron chi connectivity index (χ0n) is 14.7. The highest BCUT2D eigenvalue weighted by molar-refractivity contribution is 5.89. The number of rotatable bonds is 7. The first-order chi connectivity index (χ1) is 11.4. The predicted molar refractivity (Wildman–Crippen MR) is 93.2 cm³/mol. The number of hydrogen-bond donors (Lipinski definition) is 2. The minimum absolute atomic E-state index is 0.205. The van der Waals surface area contributed by atoms with Crippen molar-refractivity contribution in [3.63, 3.8) is 0 Å². The number of nitrogens with one attached hydrogen (secondary N) is 2. The fraction of sp³-hybridized carbons (Fsp3) is 0.471. The van der Waals surface area contributed by atoms with Crippen LogP contribution in [0.25, 0.3) is 0 Å². The molecule has 0 saturated carbocycles. The highest BCUT2D eigenvalue weighted by atomic mass is 16.5. The van der Waals surface area contributed by atoms with Crippen molar-refractivity contribution in [3.8, 4) is 0 Å². The number of carbonyl (C=O) groups is 1. The van der Waals surface area contributed by atoms with Crippen LogP contribution in [-0.4, -0.2) is 48.3 Å². The lowest BCUT2D eigenvalue weighted by atomic mass is 10.1. The van der Waals surface area contributed by atoms with Gasteiger partial charge in [0.2, 0.25) is 5.89 Å². The summed E-state index contributed by atoms with van der Waals surface area (Å²) >= 11 is 0. The van der Waals surface area contributed by atoms with E-state index < -0.39 is 0 Å². The normalized spacial score (nSPS) is 11.1. The summed E-state index contributed by atoms with van der Waals surface area (Å²) in [5, 5.41) is 9.57. The molecule has 0 atom stereocenters. The van der Waals surface area contributed by atoms with Gasteiger partial charge in [-0.15, -0.1) is 0 Å². The molecular weight excluding hydrogens is 306 g/mol. The smallest absolute Gasteiger partial charge is 0.319 e. The van der Waals surface area contributed by atoms with Crippen molar-refractivity contribution in [1.29, 1.82) is 0 Å². The molecule has 0 aliphatic heterocycles. The molecule has 1 heterocycles. The van der Waals surface area contributed by atoms with Gasteiger partial charge >= 0.3 is 6.03 Å². The summed E-state index contributed by atoms with van der Waals surface area (Å²) in [6.45, 7) is 5.46. The van der Waals surface area contributed by atoms with Crippen LogP contribution in [-0.2, 0) is 6.42 Å². The summed E-state index contributed by atoms with van der Waals surface area (Å²) in [5.74, 6) is 1.57. The molecule has 2 rings (SSSR count). The van der Waals surface area contributed by atoms with Gasteiger partial charge in [-0.3, -0.25) is 0 Å². The van der Waals surface area contributed by atoms with Crippen molar-refractivity contribution in [2.75, 3.05) is 32.5 Å². The lowest BCUT2D eigenvalue weighted by Gasteiger charge is -2.11. The molecule has 0 fully saturated rings. The lowest BCUT2D eigenvalue weighted by Crippen LogP contribution is -2.34. The van der Waals surface area contributed by atoms with Crippen molar-refractivity contribution < 1.29 is 9.32 Å². The summed E-state index contributed by atoms with van der Waals surface area (Å²) in [6, 6.07) is 7.40. The fourth-order valence-corrected chi connectivity index (χ4v) is 2.02. The number of hydrogen-bond acceptors (Lipinski definition) is 5. The zero-order chi connectivity index (χ0) is 17.5. The summed E-state index contributed by atoms with van der Waals surface area (Å²) in [6.07, 6.45) is 0.578. The molecule has 7 heteroatoms. The SMILES string of the molecule is CC(C)c1noc(Cc2ccc(NC(=O)NCCN(C)C)cc2)n1. The van der Waals surface area contributed by atoms with Gasteiger partial charge in [0.15, 0.2) is 5.82 Å². The van der Waals surface area contributed by atoms with Crippen LogP contribution >= 0.6 is 0 Å². The van der Waals surface area contributed by atoms with Gasteiger partial charge in [0.05, 0.1) is 6.42 Å². The second kappa shape index (κ2) is 8.44. The number of anilines is 1. The summed E-state index contributed by atoms with van der Waals surface area (Å²) in [5.41, 5.74) is 1.79. The molecule has 0 bridgehead atoms. The molecule has 0 aliphatic rings. The van der Waals surface area contributed by atoms with Crippen LogP contribution in [0.2, 0.25) is 0 Å².